The number of nitrogens with zero attached hydrogens (tertiary/aromatic N) is 2. The van der Waals surface area contributed by atoms with Gasteiger partial charge in [-0.3, -0.25) is 9.89 Å². The largest absolute Gasteiger partial charge is 0.298 e. The van der Waals surface area contributed by atoms with Gasteiger partial charge in [-0.2, -0.15) is 0 Å². The summed E-state index contributed by atoms with van der Waals surface area (Å²) in [7, 11) is 1.93. The monoisotopic (exact) mass is 138 g/mol. The van der Waals surface area contributed by atoms with E-state index in [1.807, 2.05) is 7.05 Å². The number of hydrogen-bond donors (Lipinski definition) is 0. The molecule has 2 nitrogen and oxygen atoms in total. The molecule has 3 aliphatic heterocycles. The van der Waals surface area contributed by atoms with E-state index in [1.165, 1.54) is 31.6 Å². The van der Waals surface area contributed by atoms with E-state index >= 15 is 0 Å². The van der Waals surface area contributed by atoms with E-state index in [1.54, 1.807) is 0 Å². The van der Waals surface area contributed by atoms with E-state index in [4.69, 9.17) is 0 Å². The van der Waals surface area contributed by atoms with E-state index in [0.717, 1.165) is 12.5 Å². The van der Waals surface area contributed by atoms with Gasteiger partial charge in [-0.05, 0) is 25.9 Å². The molecule has 3 fully saturated rings. The van der Waals surface area contributed by atoms with Gasteiger partial charge in [0.15, 0.2) is 0 Å². The number of fused-ring (bicyclic) bond motifs is 3. The van der Waals surface area contributed by atoms with Crippen molar-refractivity contribution in [2.75, 3.05) is 26.7 Å². The van der Waals surface area contributed by atoms with Gasteiger partial charge in [-0.15, -0.1) is 0 Å². The van der Waals surface area contributed by atoms with Gasteiger partial charge < -0.3 is 0 Å². The van der Waals surface area contributed by atoms with Crippen LogP contribution in [0.15, 0.2) is 4.99 Å². The molecule has 3 saturated heterocycles. The van der Waals surface area contributed by atoms with Crippen LogP contribution in [0.4, 0.5) is 0 Å². The van der Waals surface area contributed by atoms with E-state index < -0.39 is 0 Å². The van der Waals surface area contributed by atoms with E-state index in [2.05, 4.69) is 9.89 Å². The molecular formula is C8H14N2. The SMILES string of the molecule is CN=C1CN2CCC1CC2. The lowest BCUT2D eigenvalue weighted by molar-refractivity contribution is 0.200. The smallest absolute Gasteiger partial charge is 0.0366 e. The fourth-order valence-electron chi connectivity index (χ4n) is 2.04. The molecule has 3 rings (SSSR count). The molecule has 3 heterocycles. The van der Waals surface area contributed by atoms with E-state index in [9.17, 15) is 0 Å². The Morgan fingerprint density at radius 2 is 2.10 bits per heavy atom. The first-order valence-electron chi connectivity index (χ1n) is 4.08. The summed E-state index contributed by atoms with van der Waals surface area (Å²) in [6.07, 6.45) is 2.71. The molecule has 0 saturated carbocycles. The number of piperidine rings is 3. The quantitative estimate of drug-likeness (QED) is 0.483. The lowest BCUT2D eigenvalue weighted by atomic mass is 9.86. The molecule has 3 aliphatic rings. The Labute approximate surface area is 61.9 Å². The van der Waals surface area contributed by atoms with Gasteiger partial charge in [-0.25, -0.2) is 0 Å². The molecule has 0 aromatic heterocycles. The van der Waals surface area contributed by atoms with Gasteiger partial charge in [0.25, 0.3) is 0 Å². The van der Waals surface area contributed by atoms with Crippen molar-refractivity contribution in [1.82, 2.24) is 4.90 Å². The molecule has 2 bridgehead atoms. The molecule has 0 spiro atoms. The maximum Gasteiger partial charge on any atom is 0.0366 e. The van der Waals surface area contributed by atoms with Crippen molar-refractivity contribution in [2.45, 2.75) is 12.8 Å². The lowest BCUT2D eigenvalue weighted by Gasteiger charge is -2.39. The average Bonchev–Trinajstić information content (AvgIpc) is 2.06. The standard InChI is InChI=1S/C8H14N2/c1-9-8-6-10-4-2-7(8)3-5-10/h7H,2-6H2,1H3. The summed E-state index contributed by atoms with van der Waals surface area (Å²) in [5, 5.41) is 0. The highest BCUT2D eigenvalue weighted by atomic mass is 15.2. The first-order valence-corrected chi connectivity index (χ1v) is 4.08. The van der Waals surface area contributed by atoms with Crippen molar-refractivity contribution in [2.24, 2.45) is 10.9 Å². The molecule has 0 unspecified atom stereocenters. The number of rotatable bonds is 0. The van der Waals surface area contributed by atoms with Crippen molar-refractivity contribution in [3.63, 3.8) is 0 Å². The third-order valence-corrected chi connectivity index (χ3v) is 2.73. The van der Waals surface area contributed by atoms with Crippen LogP contribution in [0, 0.1) is 5.92 Å². The zero-order chi connectivity index (χ0) is 6.97. The first kappa shape index (κ1) is 6.35. The van der Waals surface area contributed by atoms with E-state index in [0.29, 0.717) is 0 Å². The molecule has 0 aromatic carbocycles. The van der Waals surface area contributed by atoms with Crippen LogP contribution in [0.25, 0.3) is 0 Å². The molecule has 0 radical (unpaired) electrons. The molecule has 2 heteroatoms. The predicted molar refractivity (Wildman–Crippen MR) is 42.5 cm³/mol. The predicted octanol–water partition coefficient (Wildman–Crippen LogP) is 0.783. The number of hydrogen-bond acceptors (Lipinski definition) is 2. The topological polar surface area (TPSA) is 15.6 Å². The highest BCUT2D eigenvalue weighted by Crippen LogP contribution is 2.24. The minimum absolute atomic E-state index is 0.843. The first-order chi connectivity index (χ1) is 4.90. The van der Waals surface area contributed by atoms with Gasteiger partial charge in [0, 0.05) is 25.2 Å². The Morgan fingerprint density at radius 3 is 2.40 bits per heavy atom. The van der Waals surface area contributed by atoms with Crippen molar-refractivity contribution >= 4 is 5.71 Å². The zero-order valence-corrected chi connectivity index (χ0v) is 6.51. The Morgan fingerprint density at radius 1 is 1.40 bits per heavy atom. The molecule has 10 heavy (non-hydrogen) atoms. The third kappa shape index (κ3) is 0.870. The third-order valence-electron chi connectivity index (χ3n) is 2.73. The van der Waals surface area contributed by atoms with Crippen LogP contribution in [0.2, 0.25) is 0 Å². The Kier molecular flexibility index (Phi) is 1.49. The fourth-order valence-corrected chi connectivity index (χ4v) is 2.04. The molecule has 0 N–H and O–H groups in total. The average molecular weight is 138 g/mol. The molecule has 56 valence electrons. The van der Waals surface area contributed by atoms with Crippen molar-refractivity contribution in [1.29, 1.82) is 0 Å². The van der Waals surface area contributed by atoms with Crippen LogP contribution in [0.3, 0.4) is 0 Å². The van der Waals surface area contributed by atoms with Gasteiger partial charge >= 0.3 is 0 Å². The fraction of sp³-hybridized carbons (Fsp3) is 0.875. The second-order valence-corrected chi connectivity index (χ2v) is 3.27. The highest BCUT2D eigenvalue weighted by Gasteiger charge is 2.29. The van der Waals surface area contributed by atoms with Crippen molar-refractivity contribution < 1.29 is 0 Å². The summed E-state index contributed by atoms with van der Waals surface area (Å²) >= 11 is 0. The number of aliphatic imine (C=N–C) groups is 1. The van der Waals surface area contributed by atoms with Gasteiger partial charge in [-0.1, -0.05) is 0 Å². The second kappa shape index (κ2) is 2.35. The minimum atomic E-state index is 0.843. The molecule has 0 aliphatic carbocycles. The van der Waals surface area contributed by atoms with Crippen LogP contribution >= 0.6 is 0 Å². The minimum Gasteiger partial charge on any atom is -0.298 e. The molecule has 0 atom stereocenters. The van der Waals surface area contributed by atoms with Gasteiger partial charge in [0.05, 0.1) is 0 Å². The summed E-state index contributed by atoms with van der Waals surface area (Å²) in [5.41, 5.74) is 1.44. The van der Waals surface area contributed by atoms with Crippen LogP contribution in [-0.4, -0.2) is 37.3 Å². The van der Waals surface area contributed by atoms with Crippen LogP contribution in [-0.2, 0) is 0 Å². The van der Waals surface area contributed by atoms with Crippen molar-refractivity contribution in [3.05, 3.63) is 0 Å². The lowest BCUT2D eigenvalue weighted by Crippen LogP contribution is -2.47. The summed E-state index contributed by atoms with van der Waals surface area (Å²) in [5.74, 6) is 0.843. The maximum absolute atomic E-state index is 4.31. The highest BCUT2D eigenvalue weighted by molar-refractivity contribution is 5.89. The summed E-state index contributed by atoms with van der Waals surface area (Å²) in [6, 6.07) is 0. The Balaban J connectivity index is 2.15. The van der Waals surface area contributed by atoms with Crippen LogP contribution in [0.5, 0.6) is 0 Å². The Bertz CT molecular complexity index is 155. The second-order valence-electron chi connectivity index (χ2n) is 3.27. The van der Waals surface area contributed by atoms with Crippen molar-refractivity contribution in [3.8, 4) is 0 Å². The van der Waals surface area contributed by atoms with Crippen LogP contribution < -0.4 is 0 Å². The molecule has 0 amide bonds. The molecule has 0 aromatic rings. The normalized spacial score (nSPS) is 42.7. The van der Waals surface area contributed by atoms with Gasteiger partial charge in [0.2, 0.25) is 0 Å². The summed E-state index contributed by atoms with van der Waals surface area (Å²) in [4.78, 5) is 6.81. The van der Waals surface area contributed by atoms with Crippen LogP contribution in [0.1, 0.15) is 12.8 Å². The Hall–Kier alpha value is -0.370. The summed E-state index contributed by atoms with van der Waals surface area (Å²) in [6.45, 7) is 3.77. The summed E-state index contributed by atoms with van der Waals surface area (Å²) < 4.78 is 0. The van der Waals surface area contributed by atoms with Gasteiger partial charge in [0.1, 0.15) is 0 Å². The maximum atomic E-state index is 4.31. The zero-order valence-electron chi connectivity index (χ0n) is 6.51. The molecular weight excluding hydrogens is 124 g/mol. The van der Waals surface area contributed by atoms with E-state index in [-0.39, 0.29) is 0 Å².